The van der Waals surface area contributed by atoms with Crippen LogP contribution in [0.3, 0.4) is 0 Å². The van der Waals surface area contributed by atoms with Crippen molar-refractivity contribution in [1.29, 1.82) is 0 Å². The van der Waals surface area contributed by atoms with Gasteiger partial charge in [0.15, 0.2) is 0 Å². The molecule has 25 heavy (non-hydrogen) atoms. The molecule has 0 atom stereocenters. The van der Waals surface area contributed by atoms with Crippen LogP contribution in [0.15, 0.2) is 36.4 Å². The normalized spacial score (nSPS) is 32.8. The molecule has 0 saturated heterocycles. The van der Waals surface area contributed by atoms with Gasteiger partial charge in [0, 0.05) is 6.04 Å². The van der Waals surface area contributed by atoms with Gasteiger partial charge in [0.2, 0.25) is 0 Å². The summed E-state index contributed by atoms with van der Waals surface area (Å²) in [7, 11) is 1.64. The third-order valence-corrected chi connectivity index (χ3v) is 6.84. The summed E-state index contributed by atoms with van der Waals surface area (Å²) in [5.41, 5.74) is 0.662. The molecule has 0 heterocycles. The highest BCUT2D eigenvalue weighted by Crippen LogP contribution is 2.53. The molecule has 0 aromatic heterocycles. The van der Waals surface area contributed by atoms with Crippen LogP contribution in [-0.4, -0.2) is 19.1 Å². The number of methoxy groups -OCH3 is 1. The van der Waals surface area contributed by atoms with Gasteiger partial charge in [-0.2, -0.15) is 0 Å². The quantitative estimate of drug-likeness (QED) is 0.903. The SMILES string of the molecule is COc1cc2ccccc2cc1C(=O)NC1C2CC3CC(C2)CC1C3. The number of carbonyl (C=O) groups is 1. The van der Waals surface area contributed by atoms with Crippen LogP contribution >= 0.6 is 0 Å². The van der Waals surface area contributed by atoms with Gasteiger partial charge in [-0.3, -0.25) is 4.79 Å². The van der Waals surface area contributed by atoms with Gasteiger partial charge in [0.05, 0.1) is 12.7 Å². The molecular weight excluding hydrogens is 310 g/mol. The molecule has 4 saturated carbocycles. The van der Waals surface area contributed by atoms with E-state index < -0.39 is 0 Å². The molecule has 4 aliphatic carbocycles. The molecule has 0 unspecified atom stereocenters. The van der Waals surface area contributed by atoms with Gasteiger partial charge in [-0.1, -0.05) is 24.3 Å². The molecule has 2 aromatic rings. The van der Waals surface area contributed by atoms with Crippen LogP contribution in [0.1, 0.15) is 42.5 Å². The van der Waals surface area contributed by atoms with Crippen molar-refractivity contribution in [1.82, 2.24) is 5.32 Å². The largest absolute Gasteiger partial charge is 0.496 e. The molecule has 1 amide bonds. The number of hydrogen-bond acceptors (Lipinski definition) is 2. The molecule has 4 fully saturated rings. The topological polar surface area (TPSA) is 38.3 Å². The van der Waals surface area contributed by atoms with E-state index in [9.17, 15) is 4.79 Å². The van der Waals surface area contributed by atoms with Crippen LogP contribution in [0.5, 0.6) is 5.75 Å². The Morgan fingerprint density at radius 1 is 0.960 bits per heavy atom. The fourth-order valence-electron chi connectivity index (χ4n) is 5.96. The lowest BCUT2D eigenvalue weighted by molar-refractivity contribution is -0.0119. The lowest BCUT2D eigenvalue weighted by Crippen LogP contribution is -2.55. The van der Waals surface area contributed by atoms with E-state index in [0.29, 0.717) is 29.2 Å². The smallest absolute Gasteiger partial charge is 0.255 e. The first-order chi connectivity index (χ1) is 12.2. The maximum atomic E-state index is 13.1. The zero-order chi connectivity index (χ0) is 17.0. The Balaban J connectivity index is 1.43. The van der Waals surface area contributed by atoms with Gasteiger partial charge in [0.1, 0.15) is 5.75 Å². The maximum Gasteiger partial charge on any atom is 0.255 e. The van der Waals surface area contributed by atoms with Crippen LogP contribution < -0.4 is 10.1 Å². The minimum Gasteiger partial charge on any atom is -0.496 e. The summed E-state index contributed by atoms with van der Waals surface area (Å²) in [6, 6.07) is 12.4. The summed E-state index contributed by atoms with van der Waals surface area (Å²) in [6.45, 7) is 0. The molecule has 1 N–H and O–H groups in total. The third-order valence-electron chi connectivity index (χ3n) is 6.84. The van der Waals surface area contributed by atoms with E-state index in [4.69, 9.17) is 4.74 Å². The van der Waals surface area contributed by atoms with Crippen LogP contribution in [0.4, 0.5) is 0 Å². The first kappa shape index (κ1) is 15.2. The number of ether oxygens (including phenoxy) is 1. The van der Waals surface area contributed by atoms with Crippen molar-refractivity contribution in [2.75, 3.05) is 7.11 Å². The Labute approximate surface area is 148 Å². The number of rotatable bonds is 3. The monoisotopic (exact) mass is 335 g/mol. The lowest BCUT2D eigenvalue weighted by Gasteiger charge is -2.54. The van der Waals surface area contributed by atoms with E-state index in [1.807, 2.05) is 24.3 Å². The number of fused-ring (bicyclic) bond motifs is 1. The highest BCUT2D eigenvalue weighted by molar-refractivity contribution is 6.01. The van der Waals surface area contributed by atoms with Gasteiger partial charge in [-0.25, -0.2) is 0 Å². The highest BCUT2D eigenvalue weighted by atomic mass is 16.5. The Hall–Kier alpha value is -2.03. The molecule has 0 radical (unpaired) electrons. The van der Waals surface area contributed by atoms with Gasteiger partial charge in [-0.05, 0) is 78.7 Å². The van der Waals surface area contributed by atoms with Gasteiger partial charge >= 0.3 is 0 Å². The molecule has 3 nitrogen and oxygen atoms in total. The number of nitrogens with one attached hydrogen (secondary N) is 1. The molecule has 6 rings (SSSR count). The van der Waals surface area contributed by atoms with Crippen molar-refractivity contribution in [2.24, 2.45) is 23.7 Å². The lowest BCUT2D eigenvalue weighted by atomic mass is 9.54. The minimum absolute atomic E-state index is 0.0278. The van der Waals surface area contributed by atoms with Gasteiger partial charge in [0.25, 0.3) is 5.91 Å². The Bertz CT molecular complexity index is 800. The number of hydrogen-bond donors (Lipinski definition) is 1. The van der Waals surface area contributed by atoms with Crippen LogP contribution in [0.25, 0.3) is 10.8 Å². The molecule has 3 heteroatoms. The average Bonchev–Trinajstić information content (AvgIpc) is 2.62. The second-order valence-corrected chi connectivity index (χ2v) is 8.33. The molecule has 0 aliphatic heterocycles. The summed E-state index contributed by atoms with van der Waals surface area (Å²) in [5, 5.41) is 5.58. The molecule has 4 bridgehead atoms. The number of carbonyl (C=O) groups excluding carboxylic acids is 1. The highest BCUT2D eigenvalue weighted by Gasteiger charge is 2.48. The van der Waals surface area contributed by atoms with Crippen molar-refractivity contribution in [3.63, 3.8) is 0 Å². The van der Waals surface area contributed by atoms with E-state index >= 15 is 0 Å². The summed E-state index contributed by atoms with van der Waals surface area (Å²) in [4.78, 5) is 13.1. The minimum atomic E-state index is 0.0278. The third kappa shape index (κ3) is 2.52. The summed E-state index contributed by atoms with van der Waals surface area (Å²) >= 11 is 0. The summed E-state index contributed by atoms with van der Waals surface area (Å²) in [5.74, 6) is 3.91. The standard InChI is InChI=1S/C22H25NO2/c1-25-20-12-16-5-3-2-4-15(16)11-19(20)22(24)23-21-17-7-13-6-14(9-17)10-18(21)8-13/h2-5,11-14,17-18,21H,6-10H2,1H3,(H,23,24). The zero-order valence-corrected chi connectivity index (χ0v) is 14.7. The molecule has 130 valence electrons. The molecule has 0 spiro atoms. The average molecular weight is 335 g/mol. The maximum absolute atomic E-state index is 13.1. The van der Waals surface area contributed by atoms with Crippen molar-refractivity contribution in [3.05, 3.63) is 42.0 Å². The van der Waals surface area contributed by atoms with Crippen molar-refractivity contribution < 1.29 is 9.53 Å². The molecule has 4 aliphatic rings. The predicted octanol–water partition coefficient (Wildman–Crippen LogP) is 4.40. The predicted molar refractivity (Wildman–Crippen MR) is 98.8 cm³/mol. The Morgan fingerprint density at radius 2 is 1.56 bits per heavy atom. The second-order valence-electron chi connectivity index (χ2n) is 8.33. The van der Waals surface area contributed by atoms with Crippen LogP contribution in [-0.2, 0) is 0 Å². The Kier molecular flexibility index (Phi) is 3.51. The number of benzene rings is 2. The van der Waals surface area contributed by atoms with E-state index in [0.717, 1.165) is 22.6 Å². The fourth-order valence-corrected chi connectivity index (χ4v) is 5.96. The van der Waals surface area contributed by atoms with Crippen LogP contribution in [0, 0.1) is 23.7 Å². The molecule has 2 aromatic carbocycles. The van der Waals surface area contributed by atoms with Gasteiger partial charge in [-0.15, -0.1) is 0 Å². The summed E-state index contributed by atoms with van der Waals surface area (Å²) in [6.07, 6.45) is 6.69. The van der Waals surface area contributed by atoms with E-state index in [1.54, 1.807) is 7.11 Å². The first-order valence-corrected chi connectivity index (χ1v) is 9.59. The van der Waals surface area contributed by atoms with E-state index in [2.05, 4.69) is 17.4 Å². The molecular formula is C22H25NO2. The van der Waals surface area contributed by atoms with Gasteiger partial charge < -0.3 is 10.1 Å². The van der Waals surface area contributed by atoms with Crippen molar-refractivity contribution >= 4 is 16.7 Å². The van der Waals surface area contributed by atoms with Crippen molar-refractivity contribution in [3.8, 4) is 5.75 Å². The van der Waals surface area contributed by atoms with Crippen molar-refractivity contribution in [2.45, 2.75) is 38.1 Å². The van der Waals surface area contributed by atoms with Crippen LogP contribution in [0.2, 0.25) is 0 Å². The first-order valence-electron chi connectivity index (χ1n) is 9.59. The number of amides is 1. The van der Waals surface area contributed by atoms with E-state index in [-0.39, 0.29) is 5.91 Å². The second kappa shape index (κ2) is 5.76. The fraction of sp³-hybridized carbons (Fsp3) is 0.500. The Morgan fingerprint density at radius 3 is 2.16 bits per heavy atom. The zero-order valence-electron chi connectivity index (χ0n) is 14.7. The summed E-state index contributed by atoms with van der Waals surface area (Å²) < 4.78 is 5.52. The van der Waals surface area contributed by atoms with E-state index in [1.165, 1.54) is 32.1 Å².